The topological polar surface area (TPSA) is 113 Å². The minimum absolute atomic E-state index is 0.0995. The first-order valence-corrected chi connectivity index (χ1v) is 14.9. The molecule has 4 aromatic carbocycles. The molecule has 0 unspecified atom stereocenters. The van der Waals surface area contributed by atoms with E-state index in [2.05, 4.69) is 5.32 Å². The van der Waals surface area contributed by atoms with Crippen molar-refractivity contribution < 1.29 is 24.2 Å². The summed E-state index contributed by atoms with van der Waals surface area (Å²) in [6.45, 7) is 0.307. The largest absolute Gasteiger partial charge is 0.497 e. The summed E-state index contributed by atoms with van der Waals surface area (Å²) in [4.78, 5) is 45.0. The molecular weight excluding hydrogens is 588 g/mol. The number of carboxylic acid groups (broad SMARTS) is 1. The molecule has 0 bridgehead atoms. The van der Waals surface area contributed by atoms with E-state index in [0.717, 1.165) is 27.7 Å². The Morgan fingerprint density at radius 2 is 1.64 bits per heavy atom. The number of amidine groups is 1. The Hall–Kier alpha value is -5.61. The van der Waals surface area contributed by atoms with Gasteiger partial charge in [0, 0.05) is 28.4 Å². The maximum atomic E-state index is 13.9. The number of carboxylic acids is 1. The number of anilines is 1. The third-order valence-electron chi connectivity index (χ3n) is 7.20. The zero-order chi connectivity index (χ0) is 31.3. The van der Waals surface area contributed by atoms with Gasteiger partial charge in [-0.15, -0.1) is 0 Å². The molecule has 6 rings (SSSR count). The molecule has 2 N–H and O–H groups in total. The van der Waals surface area contributed by atoms with Crippen molar-refractivity contribution in [1.82, 2.24) is 9.47 Å². The zero-order valence-electron chi connectivity index (χ0n) is 24.2. The Kier molecular flexibility index (Phi) is 8.47. The van der Waals surface area contributed by atoms with Crippen molar-refractivity contribution >= 4 is 63.1 Å². The maximum Gasteiger partial charge on any atom is 0.335 e. The van der Waals surface area contributed by atoms with Gasteiger partial charge < -0.3 is 19.7 Å². The molecule has 0 atom stereocenters. The number of methoxy groups -OCH3 is 1. The van der Waals surface area contributed by atoms with E-state index in [0.29, 0.717) is 21.5 Å². The number of aliphatic imine (C=N–C) groups is 1. The fraction of sp³-hybridized carbons (Fsp3) is 0.0857. The van der Waals surface area contributed by atoms with Crippen molar-refractivity contribution in [3.8, 4) is 5.75 Å². The summed E-state index contributed by atoms with van der Waals surface area (Å²) in [7, 11) is 1.59. The molecular formula is C35H28N4O5S. The van der Waals surface area contributed by atoms with Crippen LogP contribution in [0.3, 0.4) is 0 Å². The minimum atomic E-state index is -1.02. The van der Waals surface area contributed by atoms with Gasteiger partial charge in [0.15, 0.2) is 5.17 Å². The molecule has 1 fully saturated rings. The van der Waals surface area contributed by atoms with Crippen LogP contribution in [0, 0.1) is 0 Å². The molecule has 2 amide bonds. The summed E-state index contributed by atoms with van der Waals surface area (Å²) in [6.07, 6.45) is 3.71. The average molecular weight is 617 g/mol. The minimum Gasteiger partial charge on any atom is -0.497 e. The SMILES string of the molecule is COc1ccc(N=C2S/C(=C\c3cn(CC(=O)Nc4ccccc4)c4ccccc34)C(=O)N2Cc2ccc(C(=O)O)cc2)cc1. The van der Waals surface area contributed by atoms with Gasteiger partial charge in [-0.05, 0) is 78.0 Å². The molecule has 5 aromatic rings. The smallest absolute Gasteiger partial charge is 0.335 e. The normalized spacial score (nSPS) is 14.8. The van der Waals surface area contributed by atoms with Crippen LogP contribution in [0.2, 0.25) is 0 Å². The number of para-hydroxylation sites is 2. The van der Waals surface area contributed by atoms with Crippen LogP contribution in [-0.2, 0) is 22.7 Å². The van der Waals surface area contributed by atoms with Crippen LogP contribution in [0.5, 0.6) is 5.75 Å². The summed E-state index contributed by atoms with van der Waals surface area (Å²) in [5, 5.41) is 13.6. The molecule has 10 heteroatoms. The van der Waals surface area contributed by atoms with Crippen molar-refractivity contribution in [2.75, 3.05) is 12.4 Å². The first-order chi connectivity index (χ1) is 21.9. The lowest BCUT2D eigenvalue weighted by Gasteiger charge is -2.16. The molecule has 1 aromatic heterocycles. The monoisotopic (exact) mass is 616 g/mol. The summed E-state index contributed by atoms with van der Waals surface area (Å²) in [5.41, 5.74) is 3.97. The van der Waals surface area contributed by atoms with Crippen LogP contribution in [0.25, 0.3) is 17.0 Å². The second-order valence-corrected chi connectivity index (χ2v) is 11.2. The zero-order valence-corrected chi connectivity index (χ0v) is 25.0. The van der Waals surface area contributed by atoms with E-state index in [1.807, 2.05) is 83.6 Å². The highest BCUT2D eigenvalue weighted by Crippen LogP contribution is 2.37. The molecule has 9 nitrogen and oxygen atoms in total. The van der Waals surface area contributed by atoms with Crippen LogP contribution in [0.15, 0.2) is 119 Å². The first-order valence-electron chi connectivity index (χ1n) is 14.1. The van der Waals surface area contributed by atoms with E-state index in [9.17, 15) is 19.5 Å². The lowest BCUT2D eigenvalue weighted by atomic mass is 10.1. The van der Waals surface area contributed by atoms with Crippen molar-refractivity contribution in [2.45, 2.75) is 13.1 Å². The maximum absolute atomic E-state index is 13.9. The summed E-state index contributed by atoms with van der Waals surface area (Å²) < 4.78 is 7.13. The van der Waals surface area contributed by atoms with E-state index in [1.54, 1.807) is 36.3 Å². The molecule has 0 saturated carbocycles. The summed E-state index contributed by atoms with van der Waals surface area (Å²) >= 11 is 1.26. The lowest BCUT2D eigenvalue weighted by molar-refractivity contribution is -0.122. The molecule has 2 heterocycles. The number of thioether (sulfide) groups is 1. The number of nitrogens with zero attached hydrogens (tertiary/aromatic N) is 3. The van der Waals surface area contributed by atoms with Gasteiger partial charge in [-0.1, -0.05) is 48.5 Å². The number of aromatic carboxylic acids is 1. The number of hydrogen-bond acceptors (Lipinski definition) is 6. The highest BCUT2D eigenvalue weighted by atomic mass is 32.2. The second kappa shape index (κ2) is 12.9. The number of amides is 2. The Morgan fingerprint density at radius 1 is 0.933 bits per heavy atom. The quantitative estimate of drug-likeness (QED) is 0.176. The van der Waals surface area contributed by atoms with Gasteiger partial charge in [-0.2, -0.15) is 0 Å². The Bertz CT molecular complexity index is 1950. The van der Waals surface area contributed by atoms with Crippen LogP contribution in [-0.4, -0.2) is 44.6 Å². The van der Waals surface area contributed by atoms with Gasteiger partial charge >= 0.3 is 5.97 Å². The number of benzene rings is 4. The fourth-order valence-corrected chi connectivity index (χ4v) is 5.96. The Balaban J connectivity index is 1.33. The van der Waals surface area contributed by atoms with Gasteiger partial charge in [-0.25, -0.2) is 9.79 Å². The van der Waals surface area contributed by atoms with E-state index < -0.39 is 5.97 Å². The van der Waals surface area contributed by atoms with E-state index in [4.69, 9.17) is 9.73 Å². The molecule has 224 valence electrons. The lowest BCUT2D eigenvalue weighted by Crippen LogP contribution is -2.28. The summed E-state index contributed by atoms with van der Waals surface area (Å²) in [6, 6.07) is 30.7. The van der Waals surface area contributed by atoms with Crippen molar-refractivity contribution in [3.63, 3.8) is 0 Å². The third kappa shape index (κ3) is 6.66. The van der Waals surface area contributed by atoms with E-state index >= 15 is 0 Å². The molecule has 0 aliphatic carbocycles. The molecule has 1 saturated heterocycles. The van der Waals surface area contributed by atoms with Crippen LogP contribution < -0.4 is 10.1 Å². The summed E-state index contributed by atoms with van der Waals surface area (Å²) in [5.74, 6) is -0.716. The molecule has 1 aliphatic rings. The molecule has 45 heavy (non-hydrogen) atoms. The van der Waals surface area contributed by atoms with Gasteiger partial charge in [-0.3, -0.25) is 14.5 Å². The number of carbonyl (C=O) groups is 3. The van der Waals surface area contributed by atoms with Gasteiger partial charge in [0.25, 0.3) is 5.91 Å². The molecule has 0 spiro atoms. The average Bonchev–Trinajstić information content (AvgIpc) is 3.54. The Labute approximate surface area is 263 Å². The van der Waals surface area contributed by atoms with Crippen molar-refractivity contribution in [2.24, 2.45) is 4.99 Å². The number of nitrogens with one attached hydrogen (secondary N) is 1. The number of ether oxygens (including phenoxy) is 1. The predicted molar refractivity (Wildman–Crippen MR) is 177 cm³/mol. The number of hydrogen-bond donors (Lipinski definition) is 2. The van der Waals surface area contributed by atoms with Crippen molar-refractivity contribution in [3.05, 3.63) is 131 Å². The second-order valence-electron chi connectivity index (χ2n) is 10.2. The van der Waals surface area contributed by atoms with Crippen molar-refractivity contribution in [1.29, 1.82) is 0 Å². The highest BCUT2D eigenvalue weighted by molar-refractivity contribution is 8.18. The Morgan fingerprint density at radius 3 is 2.36 bits per heavy atom. The molecule has 0 radical (unpaired) electrons. The standard InChI is InChI=1S/C35H28N4O5S/c1-44-28-17-15-27(16-18-28)37-35-39(20-23-11-13-24(14-12-23)34(42)43)33(41)31(45-35)19-25-21-38(30-10-6-5-9-29(25)30)22-32(40)36-26-7-3-2-4-8-26/h2-19,21H,20,22H2,1H3,(H,36,40)(H,42,43)/b31-19-,37-35?. The van der Waals surface area contributed by atoms with E-state index in [1.165, 1.54) is 23.9 Å². The number of fused-ring (bicyclic) bond motifs is 1. The first kappa shape index (κ1) is 29.5. The number of carbonyl (C=O) groups excluding carboxylic acids is 2. The van der Waals surface area contributed by atoms with Gasteiger partial charge in [0.05, 0.1) is 29.8 Å². The fourth-order valence-electron chi connectivity index (χ4n) is 4.97. The predicted octanol–water partition coefficient (Wildman–Crippen LogP) is 6.79. The number of aromatic nitrogens is 1. The van der Waals surface area contributed by atoms with Crippen LogP contribution >= 0.6 is 11.8 Å². The van der Waals surface area contributed by atoms with Crippen LogP contribution in [0.1, 0.15) is 21.5 Å². The van der Waals surface area contributed by atoms with E-state index in [-0.39, 0.29) is 30.5 Å². The van der Waals surface area contributed by atoms with Gasteiger partial charge in [0.1, 0.15) is 12.3 Å². The van der Waals surface area contributed by atoms with Gasteiger partial charge in [0.2, 0.25) is 5.91 Å². The number of rotatable bonds is 9. The van der Waals surface area contributed by atoms with Crippen LogP contribution in [0.4, 0.5) is 11.4 Å². The molecule has 1 aliphatic heterocycles. The highest BCUT2D eigenvalue weighted by Gasteiger charge is 2.34. The third-order valence-corrected chi connectivity index (χ3v) is 8.21.